The number of carbonyl (C=O) groups is 2. The summed E-state index contributed by atoms with van der Waals surface area (Å²) in [6, 6.07) is 0. The number of hydrogen-bond donors (Lipinski definition) is 2. The first-order valence-corrected chi connectivity index (χ1v) is 3.05. The topological polar surface area (TPSA) is 66.4 Å². The van der Waals surface area contributed by atoms with Crippen LogP contribution in [0.3, 0.4) is 0 Å². The Morgan fingerprint density at radius 3 is 2.80 bits per heavy atom. The van der Waals surface area contributed by atoms with E-state index in [-0.39, 0.29) is 12.8 Å². The minimum Gasteiger partial charge on any atom is -0.383 e. The molecule has 0 aliphatic heterocycles. The van der Waals surface area contributed by atoms with E-state index < -0.39 is 12.0 Å². The first-order chi connectivity index (χ1) is 4.72. The molecule has 58 valence electrons. The lowest BCUT2D eigenvalue weighted by molar-refractivity contribution is -0.129. The van der Waals surface area contributed by atoms with Crippen molar-refractivity contribution in [2.24, 2.45) is 0 Å². The summed E-state index contributed by atoms with van der Waals surface area (Å²) in [6.45, 7) is 0. The first-order valence-electron chi connectivity index (χ1n) is 3.05. The summed E-state index contributed by atoms with van der Waals surface area (Å²) < 4.78 is 0. The molecular weight excluding hydrogens is 134 g/mol. The Morgan fingerprint density at radius 2 is 2.40 bits per heavy atom. The third-order valence-corrected chi connectivity index (χ3v) is 1.11. The molecule has 0 rings (SSSR count). The molecule has 0 aliphatic carbocycles. The summed E-state index contributed by atoms with van der Waals surface area (Å²) in [6.07, 6.45) is 0.0411. The Balaban J connectivity index is 3.50. The maximum absolute atomic E-state index is 10.5. The van der Waals surface area contributed by atoms with Gasteiger partial charge < -0.3 is 15.2 Å². The van der Waals surface area contributed by atoms with Crippen molar-refractivity contribution in [1.29, 1.82) is 0 Å². The summed E-state index contributed by atoms with van der Waals surface area (Å²) in [5.74, 6) is -0.443. The lowest BCUT2D eigenvalue weighted by Crippen LogP contribution is -2.31. The summed E-state index contributed by atoms with van der Waals surface area (Å²) in [5.41, 5.74) is 0. The van der Waals surface area contributed by atoms with Gasteiger partial charge in [0, 0.05) is 13.5 Å². The van der Waals surface area contributed by atoms with Crippen molar-refractivity contribution in [3.8, 4) is 0 Å². The van der Waals surface area contributed by atoms with Crippen LogP contribution in [0.1, 0.15) is 12.8 Å². The van der Waals surface area contributed by atoms with Crippen molar-refractivity contribution in [2.75, 3.05) is 7.05 Å². The van der Waals surface area contributed by atoms with Gasteiger partial charge in [-0.1, -0.05) is 0 Å². The second-order valence-corrected chi connectivity index (χ2v) is 1.87. The van der Waals surface area contributed by atoms with Gasteiger partial charge in [-0.2, -0.15) is 0 Å². The summed E-state index contributed by atoms with van der Waals surface area (Å²) in [7, 11) is 1.44. The van der Waals surface area contributed by atoms with Crippen molar-refractivity contribution in [2.45, 2.75) is 18.9 Å². The zero-order valence-corrected chi connectivity index (χ0v) is 5.83. The molecule has 0 heterocycles. The largest absolute Gasteiger partial charge is 0.383 e. The highest BCUT2D eigenvalue weighted by Crippen LogP contribution is 1.93. The molecule has 0 aliphatic rings. The van der Waals surface area contributed by atoms with E-state index in [1.807, 2.05) is 0 Å². The van der Waals surface area contributed by atoms with E-state index in [4.69, 9.17) is 5.11 Å². The molecular formula is C6H11NO3. The van der Waals surface area contributed by atoms with Gasteiger partial charge in [-0.05, 0) is 6.42 Å². The quantitative estimate of drug-likeness (QED) is 0.502. The molecule has 4 nitrogen and oxygen atoms in total. The van der Waals surface area contributed by atoms with Gasteiger partial charge in [-0.3, -0.25) is 4.79 Å². The number of amides is 1. The van der Waals surface area contributed by atoms with Crippen molar-refractivity contribution >= 4 is 12.2 Å². The lowest BCUT2D eigenvalue weighted by Gasteiger charge is -2.04. The zero-order valence-electron chi connectivity index (χ0n) is 5.83. The minimum absolute atomic E-state index is 0.198. The Bertz CT molecular complexity index is 124. The lowest BCUT2D eigenvalue weighted by atomic mass is 10.2. The van der Waals surface area contributed by atoms with Crippen LogP contribution in [0.4, 0.5) is 0 Å². The third kappa shape index (κ3) is 3.19. The van der Waals surface area contributed by atoms with Gasteiger partial charge in [0.25, 0.3) is 0 Å². The number of nitrogens with one attached hydrogen (secondary N) is 1. The van der Waals surface area contributed by atoms with Crippen LogP contribution in [0.25, 0.3) is 0 Å². The normalized spacial score (nSPS) is 12.2. The number of aldehydes is 1. The average molecular weight is 145 g/mol. The van der Waals surface area contributed by atoms with Crippen molar-refractivity contribution in [3.63, 3.8) is 0 Å². The SMILES string of the molecule is CNC(=O)C(O)CCC=O. The van der Waals surface area contributed by atoms with Crippen molar-refractivity contribution in [1.82, 2.24) is 5.32 Å². The van der Waals surface area contributed by atoms with Gasteiger partial charge in [0.1, 0.15) is 12.4 Å². The van der Waals surface area contributed by atoms with E-state index in [0.29, 0.717) is 6.29 Å². The molecule has 0 fully saturated rings. The number of likely N-dealkylation sites (N-methyl/N-ethyl adjacent to an activating group) is 1. The number of carbonyl (C=O) groups excluding carboxylic acids is 2. The third-order valence-electron chi connectivity index (χ3n) is 1.11. The molecule has 1 unspecified atom stereocenters. The van der Waals surface area contributed by atoms with Gasteiger partial charge in [-0.25, -0.2) is 0 Å². The van der Waals surface area contributed by atoms with Gasteiger partial charge in [-0.15, -0.1) is 0 Å². The summed E-state index contributed by atoms with van der Waals surface area (Å²) in [4.78, 5) is 20.3. The van der Waals surface area contributed by atoms with Crippen LogP contribution in [0, 0.1) is 0 Å². The highest BCUT2D eigenvalue weighted by molar-refractivity contribution is 5.80. The highest BCUT2D eigenvalue weighted by Gasteiger charge is 2.10. The van der Waals surface area contributed by atoms with Gasteiger partial charge in [0.2, 0.25) is 5.91 Å². The van der Waals surface area contributed by atoms with E-state index in [1.54, 1.807) is 0 Å². The zero-order chi connectivity index (χ0) is 7.98. The fourth-order valence-corrected chi connectivity index (χ4v) is 0.524. The molecule has 1 atom stereocenters. The Hall–Kier alpha value is -0.900. The van der Waals surface area contributed by atoms with Crippen LogP contribution in [-0.4, -0.2) is 30.5 Å². The number of aliphatic hydroxyl groups excluding tert-OH is 1. The summed E-state index contributed by atoms with van der Waals surface area (Å²) in [5, 5.41) is 11.1. The fraction of sp³-hybridized carbons (Fsp3) is 0.667. The Labute approximate surface area is 59.2 Å². The van der Waals surface area contributed by atoms with Gasteiger partial charge in [0.15, 0.2) is 0 Å². The molecule has 0 radical (unpaired) electrons. The van der Waals surface area contributed by atoms with E-state index in [9.17, 15) is 9.59 Å². The molecule has 0 aromatic carbocycles. The number of hydrogen-bond acceptors (Lipinski definition) is 3. The molecule has 0 aromatic rings. The minimum atomic E-state index is -1.05. The molecule has 10 heavy (non-hydrogen) atoms. The van der Waals surface area contributed by atoms with E-state index in [2.05, 4.69) is 5.32 Å². The maximum Gasteiger partial charge on any atom is 0.248 e. The van der Waals surface area contributed by atoms with E-state index in [1.165, 1.54) is 7.05 Å². The second-order valence-electron chi connectivity index (χ2n) is 1.87. The smallest absolute Gasteiger partial charge is 0.248 e. The fourth-order valence-electron chi connectivity index (χ4n) is 0.524. The van der Waals surface area contributed by atoms with Crippen LogP contribution in [0.15, 0.2) is 0 Å². The Kier molecular flexibility index (Phi) is 4.49. The molecule has 1 amide bonds. The average Bonchev–Trinajstić information content (AvgIpc) is 1.98. The van der Waals surface area contributed by atoms with Crippen molar-refractivity contribution < 1.29 is 14.7 Å². The van der Waals surface area contributed by atoms with Crippen LogP contribution in [0.2, 0.25) is 0 Å². The van der Waals surface area contributed by atoms with Crippen molar-refractivity contribution in [3.05, 3.63) is 0 Å². The monoisotopic (exact) mass is 145 g/mol. The molecule has 4 heteroatoms. The Morgan fingerprint density at radius 1 is 1.80 bits per heavy atom. The molecule has 0 spiro atoms. The molecule has 0 bridgehead atoms. The summed E-state index contributed by atoms with van der Waals surface area (Å²) >= 11 is 0. The molecule has 0 saturated heterocycles. The maximum atomic E-state index is 10.5. The van der Waals surface area contributed by atoms with Crippen LogP contribution < -0.4 is 5.32 Å². The van der Waals surface area contributed by atoms with Gasteiger partial charge >= 0.3 is 0 Å². The van der Waals surface area contributed by atoms with Crippen LogP contribution in [0.5, 0.6) is 0 Å². The van der Waals surface area contributed by atoms with Crippen LogP contribution >= 0.6 is 0 Å². The molecule has 0 saturated carbocycles. The standard InChI is InChI=1S/C6H11NO3/c1-7-6(10)5(9)3-2-4-8/h4-5,9H,2-3H2,1H3,(H,7,10). The predicted molar refractivity (Wildman–Crippen MR) is 35.4 cm³/mol. The van der Waals surface area contributed by atoms with Gasteiger partial charge in [0.05, 0.1) is 0 Å². The number of aliphatic hydroxyl groups is 1. The van der Waals surface area contributed by atoms with E-state index in [0.717, 1.165) is 0 Å². The molecule has 0 aromatic heterocycles. The van der Waals surface area contributed by atoms with Crippen LogP contribution in [-0.2, 0) is 9.59 Å². The second kappa shape index (κ2) is 4.93. The highest BCUT2D eigenvalue weighted by atomic mass is 16.3. The first kappa shape index (κ1) is 9.10. The number of rotatable bonds is 4. The van der Waals surface area contributed by atoms with E-state index >= 15 is 0 Å². The molecule has 2 N–H and O–H groups in total. The predicted octanol–water partition coefficient (Wildman–Crippen LogP) is -0.928.